The molecule has 2 aromatic heterocycles. The van der Waals surface area contributed by atoms with E-state index in [4.69, 9.17) is 17.3 Å². The summed E-state index contributed by atoms with van der Waals surface area (Å²) >= 11 is 7.86. The number of rotatable bonds is 2. The highest BCUT2D eigenvalue weighted by Gasteiger charge is 2.28. The first-order valence-electron chi connectivity index (χ1n) is 6.01. The molecule has 2 aromatic rings. The minimum absolute atomic E-state index is 0.418. The first-order valence-corrected chi connectivity index (χ1v) is 7.67. The molecule has 1 fully saturated rings. The number of imidazole rings is 1. The molecule has 2 atom stereocenters. The van der Waals surface area contributed by atoms with Gasteiger partial charge < -0.3 is 5.73 Å². The fourth-order valence-corrected chi connectivity index (χ4v) is 3.64. The first kappa shape index (κ1) is 12.1. The fourth-order valence-electron chi connectivity index (χ4n) is 2.70. The summed E-state index contributed by atoms with van der Waals surface area (Å²) in [6.07, 6.45) is 7.34. The second-order valence-electron chi connectivity index (χ2n) is 4.66. The fraction of sp³-hybridized carbons (Fsp3) is 0.500. The Labute approximate surface area is 115 Å². The van der Waals surface area contributed by atoms with Crippen LogP contribution in [0, 0.1) is 0 Å². The number of aromatic nitrogens is 3. The van der Waals surface area contributed by atoms with Gasteiger partial charge >= 0.3 is 0 Å². The predicted octanol–water partition coefficient (Wildman–Crippen LogP) is 3.12. The van der Waals surface area contributed by atoms with E-state index >= 15 is 0 Å². The van der Waals surface area contributed by atoms with Gasteiger partial charge in [-0.2, -0.15) is 11.8 Å². The van der Waals surface area contributed by atoms with Crippen LogP contribution in [-0.4, -0.2) is 26.0 Å². The molecular formula is C12H15ClN4S. The van der Waals surface area contributed by atoms with E-state index in [-0.39, 0.29) is 0 Å². The van der Waals surface area contributed by atoms with Crippen LogP contribution in [0.1, 0.15) is 25.3 Å². The van der Waals surface area contributed by atoms with Crippen LogP contribution in [0.3, 0.4) is 0 Å². The highest BCUT2D eigenvalue weighted by molar-refractivity contribution is 7.99. The molecule has 0 radical (unpaired) electrons. The molecule has 0 saturated heterocycles. The highest BCUT2D eigenvalue weighted by Crippen LogP contribution is 2.38. The average molecular weight is 283 g/mol. The zero-order chi connectivity index (χ0) is 12.7. The maximum atomic E-state index is 6.03. The Kier molecular flexibility index (Phi) is 3.11. The second kappa shape index (κ2) is 4.63. The molecule has 96 valence electrons. The van der Waals surface area contributed by atoms with Gasteiger partial charge in [0.15, 0.2) is 5.65 Å². The van der Waals surface area contributed by atoms with Crippen molar-refractivity contribution in [3.05, 3.63) is 17.3 Å². The Morgan fingerprint density at radius 1 is 1.50 bits per heavy atom. The number of anilines is 1. The molecule has 0 aromatic carbocycles. The molecule has 0 amide bonds. The van der Waals surface area contributed by atoms with E-state index in [2.05, 4.69) is 20.8 Å². The van der Waals surface area contributed by atoms with Crippen molar-refractivity contribution in [2.75, 3.05) is 12.0 Å². The minimum Gasteiger partial charge on any atom is -0.369 e. The topological polar surface area (TPSA) is 56.7 Å². The number of nitrogen functional groups attached to an aromatic ring is 1. The molecule has 1 saturated carbocycles. The van der Waals surface area contributed by atoms with Crippen LogP contribution in [0.5, 0.6) is 0 Å². The molecule has 0 bridgehead atoms. The lowest BCUT2D eigenvalue weighted by Gasteiger charge is -2.14. The van der Waals surface area contributed by atoms with Gasteiger partial charge in [0.05, 0.1) is 5.02 Å². The van der Waals surface area contributed by atoms with Gasteiger partial charge in [-0.3, -0.25) is 4.57 Å². The Morgan fingerprint density at radius 3 is 3.06 bits per heavy atom. The van der Waals surface area contributed by atoms with E-state index in [0.717, 1.165) is 29.3 Å². The maximum Gasteiger partial charge on any atom is 0.202 e. The van der Waals surface area contributed by atoms with Crippen molar-refractivity contribution in [3.8, 4) is 0 Å². The van der Waals surface area contributed by atoms with Gasteiger partial charge in [0.25, 0.3) is 0 Å². The third-order valence-electron chi connectivity index (χ3n) is 3.58. The summed E-state index contributed by atoms with van der Waals surface area (Å²) in [7, 11) is 0. The molecule has 0 aliphatic heterocycles. The number of nitrogens with two attached hydrogens (primary N) is 1. The van der Waals surface area contributed by atoms with Gasteiger partial charge in [0, 0.05) is 17.5 Å². The van der Waals surface area contributed by atoms with Crippen LogP contribution in [-0.2, 0) is 0 Å². The number of nitrogens with zero attached hydrogens (tertiary/aromatic N) is 3. The van der Waals surface area contributed by atoms with E-state index in [9.17, 15) is 0 Å². The molecule has 1 aliphatic carbocycles. The van der Waals surface area contributed by atoms with E-state index in [1.165, 1.54) is 6.42 Å². The monoisotopic (exact) mass is 282 g/mol. The van der Waals surface area contributed by atoms with Gasteiger partial charge in [-0.15, -0.1) is 0 Å². The highest BCUT2D eigenvalue weighted by atomic mass is 35.5. The summed E-state index contributed by atoms with van der Waals surface area (Å²) in [5, 5.41) is 1.32. The van der Waals surface area contributed by atoms with Gasteiger partial charge in [0.2, 0.25) is 5.95 Å². The SMILES string of the molecule is CSC1CCC(n2c(N)nc3cc(Cl)cnc32)C1. The molecule has 18 heavy (non-hydrogen) atoms. The second-order valence-corrected chi connectivity index (χ2v) is 6.24. The number of fused-ring (bicyclic) bond motifs is 1. The van der Waals surface area contributed by atoms with Crippen molar-refractivity contribution in [1.82, 2.24) is 14.5 Å². The van der Waals surface area contributed by atoms with Gasteiger partial charge in [-0.25, -0.2) is 9.97 Å². The first-order chi connectivity index (χ1) is 8.69. The largest absolute Gasteiger partial charge is 0.369 e. The van der Waals surface area contributed by atoms with E-state index < -0.39 is 0 Å². The Balaban J connectivity index is 2.04. The van der Waals surface area contributed by atoms with Crippen molar-refractivity contribution in [3.63, 3.8) is 0 Å². The molecule has 4 nitrogen and oxygen atoms in total. The van der Waals surface area contributed by atoms with Crippen molar-refractivity contribution < 1.29 is 0 Å². The zero-order valence-corrected chi connectivity index (χ0v) is 11.7. The molecule has 6 heteroatoms. The van der Waals surface area contributed by atoms with Crippen LogP contribution in [0.15, 0.2) is 12.3 Å². The predicted molar refractivity (Wildman–Crippen MR) is 77.1 cm³/mol. The number of pyridine rings is 1. The molecule has 1 aliphatic rings. The number of hydrogen-bond donors (Lipinski definition) is 1. The smallest absolute Gasteiger partial charge is 0.202 e. The van der Waals surface area contributed by atoms with Crippen LogP contribution < -0.4 is 5.73 Å². The Morgan fingerprint density at radius 2 is 2.33 bits per heavy atom. The molecule has 3 rings (SSSR count). The molecule has 2 N–H and O–H groups in total. The van der Waals surface area contributed by atoms with Gasteiger partial charge in [-0.1, -0.05) is 11.6 Å². The summed E-state index contributed by atoms with van der Waals surface area (Å²) < 4.78 is 2.07. The van der Waals surface area contributed by atoms with Crippen LogP contribution in [0.4, 0.5) is 5.95 Å². The van der Waals surface area contributed by atoms with Crippen LogP contribution in [0.25, 0.3) is 11.2 Å². The van der Waals surface area contributed by atoms with Crippen molar-refractivity contribution >= 4 is 40.5 Å². The van der Waals surface area contributed by atoms with Crippen LogP contribution >= 0.6 is 23.4 Å². The average Bonchev–Trinajstić information content (AvgIpc) is 2.91. The standard InChI is InChI=1S/C12H15ClN4S/c1-18-9-3-2-8(5-9)17-11-10(16-12(17)14)4-7(13)6-15-11/h4,6,8-9H,2-3,5H2,1H3,(H2,14,16). The lowest BCUT2D eigenvalue weighted by molar-refractivity contribution is 0.537. The third kappa shape index (κ3) is 1.95. The summed E-state index contributed by atoms with van der Waals surface area (Å²) in [6.45, 7) is 0. The molecular weight excluding hydrogens is 268 g/mol. The van der Waals surface area contributed by atoms with Gasteiger partial charge in [0.1, 0.15) is 5.52 Å². The lowest BCUT2D eigenvalue weighted by Crippen LogP contribution is -2.10. The summed E-state index contributed by atoms with van der Waals surface area (Å²) in [4.78, 5) is 8.74. The minimum atomic E-state index is 0.418. The lowest BCUT2D eigenvalue weighted by atomic mass is 10.2. The van der Waals surface area contributed by atoms with Crippen molar-refractivity contribution in [1.29, 1.82) is 0 Å². The summed E-state index contributed by atoms with van der Waals surface area (Å²) in [6, 6.07) is 2.23. The Hall–Kier alpha value is -0.940. The van der Waals surface area contributed by atoms with Crippen molar-refractivity contribution in [2.45, 2.75) is 30.6 Å². The van der Waals surface area contributed by atoms with E-state index in [0.29, 0.717) is 17.0 Å². The number of thioether (sulfide) groups is 1. The summed E-state index contributed by atoms with van der Waals surface area (Å²) in [5.74, 6) is 0.548. The molecule has 2 unspecified atom stereocenters. The number of halogens is 1. The normalized spacial score (nSPS) is 23.9. The maximum absolute atomic E-state index is 6.03. The zero-order valence-electron chi connectivity index (χ0n) is 10.1. The number of hydrogen-bond acceptors (Lipinski definition) is 4. The molecule has 2 heterocycles. The van der Waals surface area contributed by atoms with E-state index in [1.54, 1.807) is 6.20 Å². The quantitative estimate of drug-likeness (QED) is 0.919. The third-order valence-corrected chi connectivity index (χ3v) is 4.88. The Bertz CT molecular complexity index is 583. The van der Waals surface area contributed by atoms with Crippen molar-refractivity contribution in [2.24, 2.45) is 0 Å². The van der Waals surface area contributed by atoms with E-state index in [1.807, 2.05) is 17.8 Å². The molecule has 0 spiro atoms. The van der Waals surface area contributed by atoms with Crippen LogP contribution in [0.2, 0.25) is 5.02 Å². The van der Waals surface area contributed by atoms with Gasteiger partial charge in [-0.05, 0) is 31.6 Å². The summed E-state index contributed by atoms with van der Waals surface area (Å²) in [5.41, 5.74) is 7.67.